The number of hydrogen-bond acceptors (Lipinski definition) is 2. The molecular weight excluding hydrogens is 302 g/mol. The van der Waals surface area contributed by atoms with Gasteiger partial charge in [0.1, 0.15) is 0 Å². The van der Waals surface area contributed by atoms with Crippen molar-refractivity contribution in [2.75, 3.05) is 11.9 Å². The molecule has 3 heteroatoms. The minimum absolute atomic E-state index is 0.0651. The Hall–Kier alpha value is -1.61. The molecule has 98 valence electrons. The lowest BCUT2D eigenvalue weighted by Gasteiger charge is -2.22. The van der Waals surface area contributed by atoms with Gasteiger partial charge >= 0.3 is 0 Å². The van der Waals surface area contributed by atoms with E-state index in [9.17, 15) is 4.79 Å². The second-order valence-corrected chi connectivity index (χ2v) is 5.53. The van der Waals surface area contributed by atoms with Crippen molar-refractivity contribution in [2.24, 2.45) is 0 Å². The van der Waals surface area contributed by atoms with Crippen LogP contribution in [0.3, 0.4) is 0 Å². The van der Waals surface area contributed by atoms with Gasteiger partial charge in [-0.2, -0.15) is 0 Å². The maximum absolute atomic E-state index is 11.8. The fourth-order valence-corrected chi connectivity index (χ4v) is 2.35. The van der Waals surface area contributed by atoms with Crippen molar-refractivity contribution < 1.29 is 4.79 Å². The van der Waals surface area contributed by atoms with E-state index in [4.69, 9.17) is 0 Å². The van der Waals surface area contributed by atoms with Crippen LogP contribution in [0, 0.1) is 6.92 Å². The molecule has 0 radical (unpaired) electrons. The highest BCUT2D eigenvalue weighted by atomic mass is 79.9. The summed E-state index contributed by atoms with van der Waals surface area (Å²) in [5, 5.41) is 0. The van der Waals surface area contributed by atoms with Crippen LogP contribution in [0.5, 0.6) is 0 Å². The maximum atomic E-state index is 11.8. The van der Waals surface area contributed by atoms with Crippen molar-refractivity contribution in [1.82, 2.24) is 0 Å². The molecule has 0 unspecified atom stereocenters. The van der Waals surface area contributed by atoms with Crippen LogP contribution in [0.25, 0.3) is 0 Å². The van der Waals surface area contributed by atoms with Gasteiger partial charge in [0.2, 0.25) is 0 Å². The number of carbonyl (C=O) groups excluding carboxylic acids is 1. The highest BCUT2D eigenvalue weighted by Gasteiger charge is 2.12. The number of benzene rings is 2. The second-order valence-electron chi connectivity index (χ2n) is 4.61. The minimum atomic E-state index is 0.0651. The van der Waals surface area contributed by atoms with E-state index < -0.39 is 0 Å². The van der Waals surface area contributed by atoms with Crippen LogP contribution in [-0.4, -0.2) is 12.8 Å². The number of Topliss-reactive ketones (excluding diaryl/α,β-unsaturated/α-hetero) is 1. The summed E-state index contributed by atoms with van der Waals surface area (Å²) in [5.41, 5.74) is 3.92. The molecule has 0 atom stereocenters. The van der Waals surface area contributed by atoms with Gasteiger partial charge in [-0.3, -0.25) is 4.79 Å². The quantitative estimate of drug-likeness (QED) is 0.763. The Labute approximate surface area is 122 Å². The number of aryl methyl sites for hydroxylation is 1. The summed E-state index contributed by atoms with van der Waals surface area (Å²) in [6.45, 7) is 3.65. The zero-order valence-corrected chi connectivity index (χ0v) is 12.9. The van der Waals surface area contributed by atoms with E-state index in [0.29, 0.717) is 0 Å². The normalized spacial score (nSPS) is 10.3. The van der Waals surface area contributed by atoms with E-state index in [1.165, 1.54) is 5.56 Å². The number of anilines is 2. The first-order valence-corrected chi connectivity index (χ1v) is 6.89. The van der Waals surface area contributed by atoms with Crippen molar-refractivity contribution in [3.8, 4) is 0 Å². The molecule has 0 aliphatic heterocycles. The van der Waals surface area contributed by atoms with E-state index >= 15 is 0 Å². The number of carbonyl (C=O) groups is 1. The van der Waals surface area contributed by atoms with Crippen molar-refractivity contribution >= 4 is 33.1 Å². The average molecular weight is 318 g/mol. The zero-order valence-electron chi connectivity index (χ0n) is 11.3. The molecule has 0 aromatic heterocycles. The molecule has 2 rings (SSSR count). The van der Waals surface area contributed by atoms with E-state index in [-0.39, 0.29) is 5.78 Å². The van der Waals surface area contributed by atoms with Gasteiger partial charge in [0.15, 0.2) is 5.78 Å². The lowest BCUT2D eigenvalue weighted by molar-refractivity contribution is 0.101. The van der Waals surface area contributed by atoms with Crippen molar-refractivity contribution in [3.05, 3.63) is 58.1 Å². The molecule has 2 aromatic carbocycles. The van der Waals surface area contributed by atoms with Crippen molar-refractivity contribution in [3.63, 3.8) is 0 Å². The van der Waals surface area contributed by atoms with E-state index in [2.05, 4.69) is 47.1 Å². The van der Waals surface area contributed by atoms with Gasteiger partial charge in [-0.1, -0.05) is 33.6 Å². The Bertz CT molecular complexity index is 605. The second kappa shape index (κ2) is 5.57. The number of nitrogens with zero attached hydrogens (tertiary/aromatic N) is 1. The largest absolute Gasteiger partial charge is 0.344 e. The average Bonchev–Trinajstić information content (AvgIpc) is 2.38. The third kappa shape index (κ3) is 3.04. The number of hydrogen-bond donors (Lipinski definition) is 0. The smallest absolute Gasteiger partial charge is 0.161 e. The highest BCUT2D eigenvalue weighted by molar-refractivity contribution is 9.10. The third-order valence-corrected chi connectivity index (χ3v) is 3.61. The Kier molecular flexibility index (Phi) is 4.05. The van der Waals surface area contributed by atoms with E-state index in [1.54, 1.807) is 6.92 Å². The van der Waals surface area contributed by atoms with Gasteiger partial charge in [-0.15, -0.1) is 0 Å². The predicted octanol–water partition coefficient (Wildman–Crippen LogP) is 4.73. The SMILES string of the molecule is CC(=O)c1cc(Br)ccc1N(C)c1ccc(C)cc1. The van der Waals surface area contributed by atoms with Crippen LogP contribution in [-0.2, 0) is 0 Å². The molecule has 2 nitrogen and oxygen atoms in total. The summed E-state index contributed by atoms with van der Waals surface area (Å²) >= 11 is 3.41. The van der Waals surface area contributed by atoms with Crippen LogP contribution < -0.4 is 4.90 Å². The standard InChI is InChI=1S/C16H16BrNO/c1-11-4-7-14(8-5-11)18(3)16-9-6-13(17)10-15(16)12(2)19/h4-10H,1-3H3. The van der Waals surface area contributed by atoms with Gasteiger partial charge in [0.25, 0.3) is 0 Å². The van der Waals surface area contributed by atoms with Crippen LogP contribution in [0.15, 0.2) is 46.9 Å². The molecule has 0 aliphatic carbocycles. The Morgan fingerprint density at radius 1 is 1.11 bits per heavy atom. The summed E-state index contributed by atoms with van der Waals surface area (Å²) < 4.78 is 0.916. The number of halogens is 1. The topological polar surface area (TPSA) is 20.3 Å². The Morgan fingerprint density at radius 3 is 2.32 bits per heavy atom. The molecule has 0 amide bonds. The fraction of sp³-hybridized carbons (Fsp3) is 0.188. The number of rotatable bonds is 3. The summed E-state index contributed by atoms with van der Waals surface area (Å²) in [4.78, 5) is 13.8. The summed E-state index contributed by atoms with van der Waals surface area (Å²) in [6, 6.07) is 14.0. The van der Waals surface area contributed by atoms with Crippen molar-refractivity contribution in [1.29, 1.82) is 0 Å². The predicted molar refractivity (Wildman–Crippen MR) is 83.4 cm³/mol. The molecule has 0 fully saturated rings. The third-order valence-electron chi connectivity index (χ3n) is 3.12. The Balaban J connectivity index is 2.46. The van der Waals surface area contributed by atoms with Crippen molar-refractivity contribution in [2.45, 2.75) is 13.8 Å². The van der Waals surface area contributed by atoms with Gasteiger partial charge in [0.05, 0.1) is 5.69 Å². The lowest BCUT2D eigenvalue weighted by Crippen LogP contribution is -2.13. The minimum Gasteiger partial charge on any atom is -0.344 e. The van der Waals surface area contributed by atoms with Crippen LogP contribution >= 0.6 is 15.9 Å². The summed E-state index contributed by atoms with van der Waals surface area (Å²) in [7, 11) is 1.97. The fourth-order valence-electron chi connectivity index (χ4n) is 1.99. The molecule has 0 saturated carbocycles. The molecule has 19 heavy (non-hydrogen) atoms. The van der Waals surface area contributed by atoms with Crippen LogP contribution in [0.2, 0.25) is 0 Å². The highest BCUT2D eigenvalue weighted by Crippen LogP contribution is 2.29. The summed E-state index contributed by atoms with van der Waals surface area (Å²) in [6.07, 6.45) is 0. The summed E-state index contributed by atoms with van der Waals surface area (Å²) in [5.74, 6) is 0.0651. The molecule has 0 bridgehead atoms. The molecule has 0 spiro atoms. The molecule has 0 aliphatic rings. The van der Waals surface area contributed by atoms with Gasteiger partial charge < -0.3 is 4.90 Å². The van der Waals surface area contributed by atoms with Gasteiger partial charge in [0, 0.05) is 22.8 Å². The zero-order chi connectivity index (χ0) is 14.0. The first kappa shape index (κ1) is 13.8. The van der Waals surface area contributed by atoms with E-state index in [0.717, 1.165) is 21.4 Å². The van der Waals surface area contributed by atoms with E-state index in [1.807, 2.05) is 30.1 Å². The Morgan fingerprint density at radius 2 is 1.74 bits per heavy atom. The first-order valence-electron chi connectivity index (χ1n) is 6.10. The van der Waals surface area contributed by atoms with Crippen LogP contribution in [0.4, 0.5) is 11.4 Å². The molecule has 2 aromatic rings. The maximum Gasteiger partial charge on any atom is 0.161 e. The molecular formula is C16H16BrNO. The van der Waals surface area contributed by atoms with Crippen LogP contribution in [0.1, 0.15) is 22.8 Å². The lowest BCUT2D eigenvalue weighted by atomic mass is 10.1. The molecule has 0 N–H and O–H groups in total. The van der Waals surface area contributed by atoms with Gasteiger partial charge in [-0.25, -0.2) is 0 Å². The first-order chi connectivity index (χ1) is 8.99. The monoisotopic (exact) mass is 317 g/mol. The van der Waals surface area contributed by atoms with Gasteiger partial charge in [-0.05, 0) is 44.2 Å². The molecule has 0 saturated heterocycles. The molecule has 0 heterocycles. The number of ketones is 1.